The Morgan fingerprint density at radius 2 is 2.04 bits per heavy atom. The number of benzene rings is 1. The molecule has 1 aromatic heterocycles. The van der Waals surface area contributed by atoms with Gasteiger partial charge in [-0.15, -0.1) is 0 Å². The average molecular weight is 344 g/mol. The van der Waals surface area contributed by atoms with Gasteiger partial charge in [-0.1, -0.05) is 25.1 Å². The molecule has 0 fully saturated rings. The molecule has 2 aromatic rings. The third-order valence-electron chi connectivity index (χ3n) is 4.41. The van der Waals surface area contributed by atoms with Gasteiger partial charge in [0.25, 0.3) is 0 Å². The van der Waals surface area contributed by atoms with Crippen LogP contribution in [0.4, 0.5) is 5.69 Å². The van der Waals surface area contributed by atoms with Gasteiger partial charge in [0.1, 0.15) is 0 Å². The number of amides is 1. The lowest BCUT2D eigenvalue weighted by Gasteiger charge is -2.23. The summed E-state index contributed by atoms with van der Waals surface area (Å²) in [6, 6.07) is 10.4. The maximum atomic E-state index is 12.6. The van der Waals surface area contributed by atoms with Crippen LogP contribution in [0.3, 0.4) is 0 Å². The van der Waals surface area contributed by atoms with Crippen molar-refractivity contribution >= 4 is 21.4 Å². The number of hydrogen-bond donors (Lipinski definition) is 1. The molecule has 0 saturated heterocycles. The highest BCUT2D eigenvalue weighted by atomic mass is 32.2. The predicted octanol–water partition coefficient (Wildman–Crippen LogP) is 2.62. The number of anilines is 1. The third kappa shape index (κ3) is 3.33. The van der Waals surface area contributed by atoms with Crippen molar-refractivity contribution in [3.05, 3.63) is 53.9 Å². The first-order chi connectivity index (χ1) is 11.5. The fraction of sp³-hybridized carbons (Fsp3) is 0.333. The minimum Gasteiger partial charge on any atom is -0.325 e. The highest BCUT2D eigenvalue weighted by Crippen LogP contribution is 2.27. The number of carbonyl (C=O) groups excluding carboxylic acids is 1. The number of aromatic nitrogens is 1. The van der Waals surface area contributed by atoms with Gasteiger partial charge in [-0.05, 0) is 43.0 Å². The van der Waals surface area contributed by atoms with Crippen LogP contribution in [-0.2, 0) is 27.5 Å². The molecule has 1 heterocycles. The Kier molecular flexibility index (Phi) is 4.66. The van der Waals surface area contributed by atoms with Crippen molar-refractivity contribution < 1.29 is 13.2 Å². The molecule has 126 valence electrons. The monoisotopic (exact) mass is 344 g/mol. The van der Waals surface area contributed by atoms with Crippen molar-refractivity contribution in [2.45, 2.75) is 31.1 Å². The molecule has 1 N–H and O–H groups in total. The molecular weight excluding hydrogens is 324 g/mol. The van der Waals surface area contributed by atoms with Crippen LogP contribution in [0.5, 0.6) is 0 Å². The van der Waals surface area contributed by atoms with Gasteiger partial charge >= 0.3 is 0 Å². The van der Waals surface area contributed by atoms with E-state index >= 15 is 0 Å². The summed E-state index contributed by atoms with van der Waals surface area (Å²) in [6.45, 7) is 1.60. The summed E-state index contributed by atoms with van der Waals surface area (Å²) in [5.74, 6) is -0.301. The summed E-state index contributed by atoms with van der Waals surface area (Å²) in [6.07, 6.45) is 3.89. The molecule has 5 nitrogen and oxygen atoms in total. The largest absolute Gasteiger partial charge is 0.325 e. The van der Waals surface area contributed by atoms with Crippen LogP contribution >= 0.6 is 0 Å². The van der Waals surface area contributed by atoms with Gasteiger partial charge in [0.05, 0.1) is 16.3 Å². The number of sulfone groups is 1. The van der Waals surface area contributed by atoms with Gasteiger partial charge in [-0.2, -0.15) is 0 Å². The second kappa shape index (κ2) is 6.73. The third-order valence-corrected chi connectivity index (χ3v) is 6.20. The molecule has 0 radical (unpaired) electrons. The van der Waals surface area contributed by atoms with E-state index in [1.165, 1.54) is 6.07 Å². The zero-order chi connectivity index (χ0) is 17.2. The quantitative estimate of drug-likeness (QED) is 0.925. The Morgan fingerprint density at radius 1 is 1.25 bits per heavy atom. The maximum absolute atomic E-state index is 12.6. The van der Waals surface area contributed by atoms with E-state index in [1.54, 1.807) is 31.3 Å². The number of nitrogens with one attached hydrogen (secondary N) is 1. The average Bonchev–Trinajstić information content (AvgIpc) is 2.61. The van der Waals surface area contributed by atoms with Crippen LogP contribution in [-0.4, -0.2) is 25.1 Å². The molecule has 1 aromatic carbocycles. The van der Waals surface area contributed by atoms with E-state index in [-0.39, 0.29) is 22.5 Å². The van der Waals surface area contributed by atoms with Crippen LogP contribution in [0.25, 0.3) is 0 Å². The zero-order valence-electron chi connectivity index (χ0n) is 13.5. The lowest BCUT2D eigenvalue weighted by atomic mass is 9.86. The number of aryl methyl sites for hydroxylation is 1. The second-order valence-corrected chi connectivity index (χ2v) is 8.18. The maximum Gasteiger partial charge on any atom is 0.227 e. The predicted molar refractivity (Wildman–Crippen MR) is 92.6 cm³/mol. The Bertz CT molecular complexity index is 862. The van der Waals surface area contributed by atoms with Crippen molar-refractivity contribution in [1.82, 2.24) is 4.98 Å². The van der Waals surface area contributed by atoms with Gasteiger partial charge in [0, 0.05) is 17.8 Å². The van der Waals surface area contributed by atoms with Crippen LogP contribution < -0.4 is 5.32 Å². The van der Waals surface area contributed by atoms with E-state index in [0.717, 1.165) is 24.1 Å². The van der Waals surface area contributed by atoms with Crippen LogP contribution in [0, 0.1) is 5.92 Å². The smallest absolute Gasteiger partial charge is 0.227 e. The van der Waals surface area contributed by atoms with Gasteiger partial charge in [0.15, 0.2) is 9.84 Å². The zero-order valence-corrected chi connectivity index (χ0v) is 14.3. The van der Waals surface area contributed by atoms with Crippen LogP contribution in [0.15, 0.2) is 47.5 Å². The van der Waals surface area contributed by atoms with E-state index in [9.17, 15) is 13.2 Å². The van der Waals surface area contributed by atoms with Crippen LogP contribution in [0.1, 0.15) is 24.6 Å². The van der Waals surface area contributed by atoms with Gasteiger partial charge in [-0.3, -0.25) is 9.78 Å². The molecular formula is C18H20N2O3S. The number of rotatable bonds is 4. The van der Waals surface area contributed by atoms with Crippen molar-refractivity contribution in [2.75, 3.05) is 11.1 Å². The van der Waals surface area contributed by atoms with E-state index in [1.807, 2.05) is 12.1 Å². The molecule has 3 rings (SSSR count). The number of nitrogens with zero attached hydrogens (tertiary/aromatic N) is 1. The summed E-state index contributed by atoms with van der Waals surface area (Å²) >= 11 is 0. The summed E-state index contributed by atoms with van der Waals surface area (Å²) in [4.78, 5) is 17.1. The number of para-hydroxylation sites is 1. The molecule has 0 bridgehead atoms. The molecule has 0 saturated carbocycles. The highest BCUT2D eigenvalue weighted by molar-refractivity contribution is 7.91. The molecule has 6 heteroatoms. The Balaban J connectivity index is 1.80. The summed E-state index contributed by atoms with van der Waals surface area (Å²) in [5, 5.41) is 2.81. The van der Waals surface area contributed by atoms with Crippen molar-refractivity contribution in [3.8, 4) is 0 Å². The van der Waals surface area contributed by atoms with Crippen molar-refractivity contribution in [1.29, 1.82) is 0 Å². The van der Waals surface area contributed by atoms with Crippen molar-refractivity contribution in [2.24, 2.45) is 5.92 Å². The Hall–Kier alpha value is -2.21. The topological polar surface area (TPSA) is 76.1 Å². The molecule has 1 aliphatic carbocycles. The number of hydrogen-bond acceptors (Lipinski definition) is 4. The summed E-state index contributed by atoms with van der Waals surface area (Å²) in [7, 11) is -3.38. The fourth-order valence-corrected chi connectivity index (χ4v) is 4.07. The molecule has 24 heavy (non-hydrogen) atoms. The SMILES string of the molecule is CCS(=O)(=O)c1ccccc1NC(=O)C1CCc2ncccc2C1. The van der Waals surface area contributed by atoms with Gasteiger partial charge in [0.2, 0.25) is 5.91 Å². The van der Waals surface area contributed by atoms with Gasteiger partial charge < -0.3 is 5.32 Å². The number of pyridine rings is 1. The minimum absolute atomic E-state index is 0.00234. The van der Waals surface area contributed by atoms with Crippen LogP contribution in [0.2, 0.25) is 0 Å². The molecule has 1 atom stereocenters. The highest BCUT2D eigenvalue weighted by Gasteiger charge is 2.26. The lowest BCUT2D eigenvalue weighted by molar-refractivity contribution is -0.120. The first-order valence-electron chi connectivity index (χ1n) is 8.06. The standard InChI is InChI=1S/C18H20N2O3S/c1-2-24(22,23)17-8-4-3-7-16(17)20-18(21)14-9-10-15-13(12-14)6-5-11-19-15/h3-8,11,14H,2,9-10,12H2,1H3,(H,20,21). The first-order valence-corrected chi connectivity index (χ1v) is 9.72. The van der Waals surface area contributed by atoms with E-state index in [4.69, 9.17) is 0 Å². The Labute approximate surface area is 142 Å². The van der Waals surface area contributed by atoms with E-state index in [2.05, 4.69) is 10.3 Å². The molecule has 0 spiro atoms. The summed E-state index contributed by atoms with van der Waals surface area (Å²) < 4.78 is 24.4. The first kappa shape index (κ1) is 16.6. The van der Waals surface area contributed by atoms with E-state index < -0.39 is 9.84 Å². The molecule has 0 aliphatic heterocycles. The second-order valence-electron chi connectivity index (χ2n) is 5.94. The number of fused-ring (bicyclic) bond motifs is 1. The summed E-state index contributed by atoms with van der Waals surface area (Å²) in [5.41, 5.74) is 2.51. The Morgan fingerprint density at radius 3 is 2.83 bits per heavy atom. The number of carbonyl (C=O) groups is 1. The lowest BCUT2D eigenvalue weighted by Crippen LogP contribution is -2.29. The molecule has 1 amide bonds. The fourth-order valence-electron chi connectivity index (χ4n) is 3.02. The van der Waals surface area contributed by atoms with Crippen molar-refractivity contribution in [3.63, 3.8) is 0 Å². The van der Waals surface area contributed by atoms with Gasteiger partial charge in [-0.25, -0.2) is 8.42 Å². The molecule has 1 unspecified atom stereocenters. The van der Waals surface area contributed by atoms with E-state index in [0.29, 0.717) is 12.1 Å². The normalized spacial score (nSPS) is 17.1. The molecule has 1 aliphatic rings. The minimum atomic E-state index is -3.38.